The fraction of sp³-hybridized carbons (Fsp3) is 0.562. The Morgan fingerprint density at radius 1 is 1.43 bits per heavy atom. The maximum absolute atomic E-state index is 6.25. The van der Waals surface area contributed by atoms with Gasteiger partial charge < -0.3 is 13.7 Å². The molecule has 112 valence electrons. The predicted octanol–water partition coefficient (Wildman–Crippen LogP) is 2.47. The van der Waals surface area contributed by atoms with E-state index < -0.39 is 0 Å². The van der Waals surface area contributed by atoms with Gasteiger partial charge in [-0.05, 0) is 25.5 Å². The molecule has 2 saturated heterocycles. The van der Waals surface area contributed by atoms with Crippen LogP contribution in [0.1, 0.15) is 30.9 Å². The summed E-state index contributed by atoms with van der Waals surface area (Å²) >= 11 is 0. The zero-order valence-electron chi connectivity index (χ0n) is 12.1. The summed E-state index contributed by atoms with van der Waals surface area (Å²) in [6.07, 6.45) is 12.8. The summed E-state index contributed by atoms with van der Waals surface area (Å²) in [6, 6.07) is 2.48. The lowest BCUT2D eigenvalue weighted by Crippen LogP contribution is -2.47. The molecule has 0 bridgehead atoms. The second-order valence-corrected chi connectivity index (χ2v) is 6.31. The van der Waals surface area contributed by atoms with E-state index in [1.807, 2.05) is 31.1 Å². The largest absolute Gasteiger partial charge is 0.472 e. The first kappa shape index (κ1) is 13.1. The van der Waals surface area contributed by atoms with Crippen LogP contribution >= 0.6 is 0 Å². The Labute approximate surface area is 124 Å². The number of aromatic nitrogens is 2. The van der Waals surface area contributed by atoms with Gasteiger partial charge in [-0.2, -0.15) is 0 Å². The zero-order chi connectivity index (χ0) is 14.1. The Kier molecular flexibility index (Phi) is 3.31. The highest BCUT2D eigenvalue weighted by Gasteiger charge is 2.43. The SMILES string of the molecule is c1cn([C@@H]2CO[C@]3(CCCN(Cc4ccoc4)C3)C2)cn1. The Morgan fingerprint density at radius 2 is 2.43 bits per heavy atom. The molecule has 2 atom stereocenters. The summed E-state index contributed by atoms with van der Waals surface area (Å²) < 4.78 is 13.6. The fourth-order valence-electron chi connectivity index (χ4n) is 3.75. The number of ether oxygens (including phenoxy) is 1. The van der Waals surface area contributed by atoms with Gasteiger partial charge in [-0.1, -0.05) is 0 Å². The van der Waals surface area contributed by atoms with Gasteiger partial charge >= 0.3 is 0 Å². The van der Waals surface area contributed by atoms with E-state index in [4.69, 9.17) is 9.15 Å². The van der Waals surface area contributed by atoms with Gasteiger partial charge in [-0.3, -0.25) is 4.90 Å². The molecule has 4 rings (SSSR count). The van der Waals surface area contributed by atoms with Crippen molar-refractivity contribution in [3.8, 4) is 0 Å². The van der Waals surface area contributed by atoms with Gasteiger partial charge in [0.25, 0.3) is 0 Å². The molecule has 2 fully saturated rings. The van der Waals surface area contributed by atoms with E-state index in [2.05, 4.69) is 14.5 Å². The fourth-order valence-corrected chi connectivity index (χ4v) is 3.75. The van der Waals surface area contributed by atoms with Crippen molar-refractivity contribution in [3.63, 3.8) is 0 Å². The van der Waals surface area contributed by atoms with E-state index >= 15 is 0 Å². The van der Waals surface area contributed by atoms with Gasteiger partial charge in [0.05, 0.1) is 37.1 Å². The average molecular weight is 287 g/mol. The monoisotopic (exact) mass is 287 g/mol. The van der Waals surface area contributed by atoms with Crippen LogP contribution in [-0.2, 0) is 11.3 Å². The summed E-state index contributed by atoms with van der Waals surface area (Å²) in [5.41, 5.74) is 1.27. The number of imidazole rings is 1. The predicted molar refractivity (Wildman–Crippen MR) is 77.8 cm³/mol. The number of hydrogen-bond donors (Lipinski definition) is 0. The summed E-state index contributed by atoms with van der Waals surface area (Å²) in [7, 11) is 0. The maximum atomic E-state index is 6.25. The molecule has 0 radical (unpaired) electrons. The molecule has 5 heteroatoms. The molecule has 0 saturated carbocycles. The molecule has 0 unspecified atom stereocenters. The minimum absolute atomic E-state index is 0.0247. The van der Waals surface area contributed by atoms with Crippen LogP contribution in [0, 0.1) is 0 Å². The van der Waals surface area contributed by atoms with Crippen molar-refractivity contribution >= 4 is 0 Å². The number of furan rings is 1. The summed E-state index contributed by atoms with van der Waals surface area (Å²) in [5, 5.41) is 0. The third-order valence-corrected chi connectivity index (χ3v) is 4.74. The molecule has 2 aliphatic heterocycles. The minimum Gasteiger partial charge on any atom is -0.472 e. The highest BCUT2D eigenvalue weighted by molar-refractivity contribution is 5.06. The standard InChI is InChI=1S/C16H21N3O2/c1-3-16(8-15(11-21-16)19-6-4-17-13-19)12-18(5-1)9-14-2-7-20-10-14/h2,4,6-7,10,13,15H,1,3,5,8-9,11-12H2/t15-,16+/m0/s1. The summed E-state index contributed by atoms with van der Waals surface area (Å²) in [6.45, 7) is 3.92. The lowest BCUT2D eigenvalue weighted by molar-refractivity contribution is -0.0535. The van der Waals surface area contributed by atoms with E-state index in [1.165, 1.54) is 18.4 Å². The molecule has 1 spiro atoms. The van der Waals surface area contributed by atoms with Crippen LogP contribution in [0.25, 0.3) is 0 Å². The molecule has 0 amide bonds. The molecule has 0 aromatic carbocycles. The molecule has 0 aliphatic carbocycles. The highest BCUT2D eigenvalue weighted by Crippen LogP contribution is 2.39. The number of nitrogens with zero attached hydrogens (tertiary/aromatic N) is 3. The van der Waals surface area contributed by atoms with Crippen molar-refractivity contribution in [2.24, 2.45) is 0 Å². The normalized spacial score (nSPS) is 30.2. The van der Waals surface area contributed by atoms with Crippen molar-refractivity contribution in [2.75, 3.05) is 19.7 Å². The third kappa shape index (κ3) is 2.63. The van der Waals surface area contributed by atoms with Crippen LogP contribution in [0.15, 0.2) is 41.7 Å². The number of hydrogen-bond acceptors (Lipinski definition) is 4. The van der Waals surface area contributed by atoms with Crippen molar-refractivity contribution in [1.82, 2.24) is 14.5 Å². The Bertz CT molecular complexity index is 566. The van der Waals surface area contributed by atoms with Crippen molar-refractivity contribution < 1.29 is 9.15 Å². The van der Waals surface area contributed by atoms with Crippen LogP contribution in [0.5, 0.6) is 0 Å². The topological polar surface area (TPSA) is 43.4 Å². The van der Waals surface area contributed by atoms with Gasteiger partial charge in [0.15, 0.2) is 0 Å². The molecular formula is C16H21N3O2. The minimum atomic E-state index is 0.0247. The quantitative estimate of drug-likeness (QED) is 0.870. The average Bonchev–Trinajstić information content (AvgIpc) is 3.20. The molecule has 2 aromatic heterocycles. The Morgan fingerprint density at radius 3 is 3.24 bits per heavy atom. The highest BCUT2D eigenvalue weighted by atomic mass is 16.5. The van der Waals surface area contributed by atoms with E-state index in [0.717, 1.165) is 32.7 Å². The third-order valence-electron chi connectivity index (χ3n) is 4.74. The van der Waals surface area contributed by atoms with Gasteiger partial charge in [0, 0.05) is 37.5 Å². The number of piperidine rings is 1. The summed E-state index contributed by atoms with van der Waals surface area (Å²) in [5.74, 6) is 0. The van der Waals surface area contributed by atoms with Gasteiger partial charge in [0.1, 0.15) is 0 Å². The van der Waals surface area contributed by atoms with Crippen LogP contribution in [-0.4, -0.2) is 39.7 Å². The zero-order valence-corrected chi connectivity index (χ0v) is 12.1. The molecule has 0 N–H and O–H groups in total. The summed E-state index contributed by atoms with van der Waals surface area (Å²) in [4.78, 5) is 6.64. The molecule has 4 heterocycles. The second-order valence-electron chi connectivity index (χ2n) is 6.31. The number of likely N-dealkylation sites (tertiary alicyclic amines) is 1. The second kappa shape index (κ2) is 5.31. The molecule has 2 aromatic rings. The van der Waals surface area contributed by atoms with Crippen LogP contribution in [0.4, 0.5) is 0 Å². The molecular weight excluding hydrogens is 266 g/mol. The lowest BCUT2D eigenvalue weighted by Gasteiger charge is -2.39. The first-order valence-corrected chi connectivity index (χ1v) is 7.68. The van der Waals surface area contributed by atoms with Gasteiger partial charge in [-0.25, -0.2) is 4.98 Å². The molecule has 2 aliphatic rings. The Hall–Kier alpha value is -1.59. The Balaban J connectivity index is 1.43. The number of rotatable bonds is 3. The van der Waals surface area contributed by atoms with E-state index in [0.29, 0.717) is 6.04 Å². The van der Waals surface area contributed by atoms with Crippen molar-refractivity contribution in [1.29, 1.82) is 0 Å². The van der Waals surface area contributed by atoms with Crippen molar-refractivity contribution in [3.05, 3.63) is 42.9 Å². The van der Waals surface area contributed by atoms with Crippen LogP contribution < -0.4 is 0 Å². The van der Waals surface area contributed by atoms with E-state index in [9.17, 15) is 0 Å². The smallest absolute Gasteiger partial charge is 0.0949 e. The van der Waals surface area contributed by atoms with Crippen LogP contribution in [0.2, 0.25) is 0 Å². The molecule has 21 heavy (non-hydrogen) atoms. The first-order chi connectivity index (χ1) is 10.3. The van der Waals surface area contributed by atoms with Gasteiger partial charge in [0.2, 0.25) is 0 Å². The molecule has 5 nitrogen and oxygen atoms in total. The maximum Gasteiger partial charge on any atom is 0.0949 e. The van der Waals surface area contributed by atoms with Crippen LogP contribution in [0.3, 0.4) is 0 Å². The lowest BCUT2D eigenvalue weighted by atomic mass is 9.88. The van der Waals surface area contributed by atoms with Crippen molar-refractivity contribution in [2.45, 2.75) is 37.5 Å². The van der Waals surface area contributed by atoms with E-state index in [1.54, 1.807) is 6.26 Å². The van der Waals surface area contributed by atoms with Gasteiger partial charge in [-0.15, -0.1) is 0 Å². The first-order valence-electron chi connectivity index (χ1n) is 7.68. The van der Waals surface area contributed by atoms with E-state index in [-0.39, 0.29) is 5.60 Å².